The number of nitrogens with zero attached hydrogens (tertiary/aromatic N) is 2. The Morgan fingerprint density at radius 3 is 1.98 bits per heavy atom. The normalized spacial score (nSPS) is 19.3. The molecule has 2 saturated heterocycles. The fourth-order valence-corrected chi connectivity index (χ4v) is 7.83. The van der Waals surface area contributed by atoms with Gasteiger partial charge in [-0.2, -0.15) is 0 Å². The van der Waals surface area contributed by atoms with E-state index in [1.54, 1.807) is 9.80 Å². The molecule has 2 amide bonds. The molecule has 0 saturated carbocycles. The van der Waals surface area contributed by atoms with Crippen molar-refractivity contribution in [2.45, 2.75) is 96.2 Å². The van der Waals surface area contributed by atoms with Crippen LogP contribution in [0.2, 0.25) is 0 Å². The first-order valence-electron chi connectivity index (χ1n) is 16.8. The van der Waals surface area contributed by atoms with Gasteiger partial charge in [-0.15, -0.1) is 0 Å². The number of carbonyl (C=O) groups excluding carboxylic acids is 4. The molecule has 2 aromatic rings. The smallest absolute Gasteiger partial charge is 0.329 e. The third-order valence-corrected chi connectivity index (χ3v) is 11.9. The number of esters is 2. The number of carbonyl (C=O) groups is 4. The maximum absolute atomic E-state index is 14.1. The summed E-state index contributed by atoms with van der Waals surface area (Å²) in [6.45, 7) is 4.71. The summed E-state index contributed by atoms with van der Waals surface area (Å²) in [5.74, 6) is -1.53. The van der Waals surface area contributed by atoms with E-state index in [9.17, 15) is 23.7 Å². The number of likely N-dealkylation sites (tertiary alicyclic amines) is 2. The molecule has 0 aromatic heterocycles. The van der Waals surface area contributed by atoms with Crippen LogP contribution in [0, 0.1) is 0 Å². The molecule has 0 bridgehead atoms. The van der Waals surface area contributed by atoms with Crippen molar-refractivity contribution in [2.75, 3.05) is 25.4 Å². The molecular weight excluding hydrogens is 619 g/mol. The summed E-state index contributed by atoms with van der Waals surface area (Å²) < 4.78 is 24.4. The second-order valence-corrected chi connectivity index (χ2v) is 15.6. The van der Waals surface area contributed by atoms with Crippen molar-refractivity contribution in [3.8, 4) is 0 Å². The van der Waals surface area contributed by atoms with Crippen LogP contribution in [0.5, 0.6) is 0 Å². The first-order valence-corrected chi connectivity index (χ1v) is 18.9. The van der Waals surface area contributed by atoms with E-state index in [2.05, 4.69) is 5.09 Å². The second-order valence-electron chi connectivity index (χ2n) is 12.3. The van der Waals surface area contributed by atoms with E-state index in [1.165, 1.54) is 0 Å². The molecule has 2 aliphatic rings. The van der Waals surface area contributed by atoms with Gasteiger partial charge in [0.15, 0.2) is 0 Å². The monoisotopic (exact) mass is 668 g/mol. The maximum atomic E-state index is 14.1. The average Bonchev–Trinajstić information content (AvgIpc) is 3.80. The summed E-state index contributed by atoms with van der Waals surface area (Å²) in [5.41, 5.74) is 7.86. The molecule has 2 heterocycles. The Morgan fingerprint density at radius 1 is 0.830 bits per heavy atom. The third kappa shape index (κ3) is 9.98. The van der Waals surface area contributed by atoms with Crippen LogP contribution in [0.1, 0.15) is 69.9 Å². The Morgan fingerprint density at radius 2 is 1.38 bits per heavy atom. The maximum Gasteiger partial charge on any atom is 0.329 e. The van der Waals surface area contributed by atoms with Gasteiger partial charge in [-0.1, -0.05) is 74.5 Å². The molecule has 11 nitrogen and oxygen atoms in total. The predicted octanol–water partition coefficient (Wildman–Crippen LogP) is 4.23. The number of benzene rings is 2. The lowest BCUT2D eigenvalue weighted by atomic mass is 10.0. The van der Waals surface area contributed by atoms with Crippen LogP contribution in [0.25, 0.3) is 0 Å². The van der Waals surface area contributed by atoms with Crippen molar-refractivity contribution in [1.82, 2.24) is 14.9 Å². The Labute approximate surface area is 277 Å². The highest BCUT2D eigenvalue weighted by atomic mass is 31.2. The molecule has 47 heavy (non-hydrogen) atoms. The van der Waals surface area contributed by atoms with E-state index >= 15 is 0 Å². The Bertz CT molecular complexity index is 1380. The lowest BCUT2D eigenvalue weighted by molar-refractivity contribution is -0.156. The summed E-state index contributed by atoms with van der Waals surface area (Å²) in [5, 5.41) is 3.15. The third-order valence-electron chi connectivity index (χ3n) is 9.10. The highest BCUT2D eigenvalue weighted by molar-refractivity contribution is 7.61. The second kappa shape index (κ2) is 17.6. The van der Waals surface area contributed by atoms with Crippen LogP contribution < -0.4 is 10.8 Å². The molecule has 3 N–H and O–H groups in total. The minimum atomic E-state index is -2.86. The predicted molar refractivity (Wildman–Crippen MR) is 179 cm³/mol. The van der Waals surface area contributed by atoms with Gasteiger partial charge in [-0.25, -0.2) is 4.79 Å². The van der Waals surface area contributed by atoms with Crippen molar-refractivity contribution < 1.29 is 33.2 Å². The van der Waals surface area contributed by atoms with Gasteiger partial charge in [0.05, 0.1) is 6.04 Å². The van der Waals surface area contributed by atoms with Gasteiger partial charge < -0.3 is 29.6 Å². The summed E-state index contributed by atoms with van der Waals surface area (Å²) in [4.78, 5) is 56.7. The first kappa shape index (κ1) is 36.3. The number of ether oxygens (including phenoxy) is 2. The van der Waals surface area contributed by atoms with Gasteiger partial charge in [0.25, 0.3) is 0 Å². The highest BCUT2D eigenvalue weighted by Gasteiger charge is 2.44. The molecule has 4 atom stereocenters. The minimum Gasteiger partial charge on any atom is -0.460 e. The Balaban J connectivity index is 1.38. The summed E-state index contributed by atoms with van der Waals surface area (Å²) in [6.07, 6.45) is 4.04. The number of nitrogens with one attached hydrogen (secondary N) is 1. The van der Waals surface area contributed by atoms with Gasteiger partial charge in [0, 0.05) is 25.4 Å². The van der Waals surface area contributed by atoms with Crippen molar-refractivity contribution in [3.63, 3.8) is 0 Å². The number of hydrogen-bond donors (Lipinski definition) is 2. The van der Waals surface area contributed by atoms with Crippen molar-refractivity contribution in [3.05, 3.63) is 71.8 Å². The van der Waals surface area contributed by atoms with Gasteiger partial charge >= 0.3 is 11.9 Å². The largest absolute Gasteiger partial charge is 0.460 e. The molecule has 0 radical (unpaired) electrons. The van der Waals surface area contributed by atoms with Gasteiger partial charge in [-0.3, -0.25) is 19.5 Å². The lowest BCUT2D eigenvalue weighted by Gasteiger charge is -2.33. The van der Waals surface area contributed by atoms with Crippen LogP contribution in [-0.2, 0) is 46.4 Å². The van der Waals surface area contributed by atoms with Crippen molar-refractivity contribution in [2.24, 2.45) is 5.73 Å². The standard InChI is InChI=1S/C35H49N4O7P/c1-3-47(44,4-2)37-29(19-11-18-28(36)34(42)45-24-26-14-7-5-8-15-26)32(40)38-22-12-20-30(38)33(41)39-23-13-21-31(39)35(43)46-25-27-16-9-6-10-17-27/h5-10,14-17,28-31H,3-4,11-13,18-25,36H2,1-2H3,(H,37,44)/t28?,29-,30-,31-/m0/s1. The quantitative estimate of drug-likeness (QED) is 0.198. The van der Waals surface area contributed by atoms with Crippen molar-refractivity contribution in [1.29, 1.82) is 0 Å². The lowest BCUT2D eigenvalue weighted by Crippen LogP contribution is -2.54. The Kier molecular flexibility index (Phi) is 13.6. The number of rotatable bonds is 16. The molecule has 1 unspecified atom stereocenters. The molecule has 0 aliphatic carbocycles. The summed E-state index contributed by atoms with van der Waals surface area (Å²) in [7, 11) is -2.86. The van der Waals surface area contributed by atoms with Crippen molar-refractivity contribution >= 4 is 31.0 Å². The van der Waals surface area contributed by atoms with Gasteiger partial charge in [0.1, 0.15) is 38.6 Å². The van der Waals surface area contributed by atoms with Crippen LogP contribution >= 0.6 is 7.29 Å². The van der Waals surface area contributed by atoms with Crippen LogP contribution in [0.15, 0.2) is 60.7 Å². The summed E-state index contributed by atoms with van der Waals surface area (Å²) >= 11 is 0. The zero-order valence-electron chi connectivity index (χ0n) is 27.6. The molecule has 256 valence electrons. The average molecular weight is 669 g/mol. The molecule has 0 spiro atoms. The van der Waals surface area contributed by atoms with Crippen LogP contribution in [-0.4, -0.2) is 83.1 Å². The highest BCUT2D eigenvalue weighted by Crippen LogP contribution is 2.41. The van der Waals surface area contributed by atoms with E-state index in [0.717, 1.165) is 11.1 Å². The van der Waals surface area contributed by atoms with Gasteiger partial charge in [-0.05, 0) is 56.1 Å². The Hall–Kier alpha value is -3.53. The van der Waals surface area contributed by atoms with E-state index in [1.807, 2.05) is 74.5 Å². The molecule has 2 aromatic carbocycles. The zero-order chi connectivity index (χ0) is 33.8. The fraction of sp³-hybridized carbons (Fsp3) is 0.543. The van der Waals surface area contributed by atoms with E-state index < -0.39 is 43.4 Å². The van der Waals surface area contributed by atoms with E-state index in [-0.39, 0.29) is 37.9 Å². The fourth-order valence-electron chi connectivity index (χ4n) is 6.21. The number of hydrogen-bond acceptors (Lipinski definition) is 8. The molecule has 12 heteroatoms. The van der Waals surface area contributed by atoms with E-state index in [4.69, 9.17) is 15.2 Å². The zero-order valence-corrected chi connectivity index (χ0v) is 28.4. The molecule has 2 aliphatic heterocycles. The number of amides is 2. The SMILES string of the molecule is CCP(=O)(CC)N[C@@H](CCCC(N)C(=O)OCc1ccccc1)C(=O)N1CCC[C@H]1C(=O)N1CCC[C@H]1C(=O)OCc1ccccc1. The first-order chi connectivity index (χ1) is 22.7. The summed E-state index contributed by atoms with van der Waals surface area (Å²) in [6, 6.07) is 15.6. The minimum absolute atomic E-state index is 0.124. The topological polar surface area (TPSA) is 148 Å². The van der Waals surface area contributed by atoms with E-state index in [0.29, 0.717) is 57.5 Å². The molecular formula is C35H49N4O7P. The number of nitrogens with two attached hydrogens (primary N) is 1. The van der Waals surface area contributed by atoms with Gasteiger partial charge in [0.2, 0.25) is 11.8 Å². The van der Waals surface area contributed by atoms with Crippen LogP contribution in [0.3, 0.4) is 0 Å². The molecule has 2 fully saturated rings. The molecule has 4 rings (SSSR count). The van der Waals surface area contributed by atoms with Crippen LogP contribution in [0.4, 0.5) is 0 Å².